The number of rotatable bonds is 3. The van der Waals surface area contributed by atoms with Crippen LogP contribution in [-0.4, -0.2) is 9.52 Å². The summed E-state index contributed by atoms with van der Waals surface area (Å²) in [5, 5.41) is 5.33. The molecule has 92 valence electrons. The molecule has 0 bridgehead atoms. The highest BCUT2D eigenvalue weighted by molar-refractivity contribution is 6.72. The standard InChI is InChI=1S/C18H16Si/c1-14(19-18-9-3-2-4-10-18)16-12-11-15-7-5-6-8-17(15)13-16/h2-13H,1,19H2. The molecular weight excluding hydrogens is 244 g/mol. The zero-order valence-corrected chi connectivity index (χ0v) is 12.3. The number of hydrogen-bond donors (Lipinski definition) is 0. The van der Waals surface area contributed by atoms with Crippen molar-refractivity contribution in [2.75, 3.05) is 0 Å². The molecule has 0 aliphatic heterocycles. The molecule has 0 atom stereocenters. The first-order valence-corrected chi connectivity index (χ1v) is 7.95. The molecule has 0 aliphatic rings. The molecule has 0 radical (unpaired) electrons. The average molecular weight is 260 g/mol. The SMILES string of the molecule is C=C([SiH2]c1ccccc1)c1ccc2ccccc2c1. The Morgan fingerprint density at radius 2 is 1.42 bits per heavy atom. The zero-order chi connectivity index (χ0) is 13.1. The van der Waals surface area contributed by atoms with Gasteiger partial charge in [0, 0.05) is 0 Å². The van der Waals surface area contributed by atoms with Crippen LogP contribution in [0.15, 0.2) is 79.4 Å². The van der Waals surface area contributed by atoms with E-state index in [0.29, 0.717) is 0 Å². The van der Waals surface area contributed by atoms with Gasteiger partial charge in [-0.1, -0.05) is 83.7 Å². The quantitative estimate of drug-likeness (QED) is 0.634. The highest BCUT2D eigenvalue weighted by Crippen LogP contribution is 2.19. The van der Waals surface area contributed by atoms with Crippen LogP contribution in [0.3, 0.4) is 0 Å². The largest absolute Gasteiger partial charge is 0.0995 e. The van der Waals surface area contributed by atoms with Crippen molar-refractivity contribution in [2.45, 2.75) is 0 Å². The van der Waals surface area contributed by atoms with Gasteiger partial charge in [0.2, 0.25) is 0 Å². The third-order valence-electron chi connectivity index (χ3n) is 3.42. The van der Waals surface area contributed by atoms with E-state index in [0.717, 1.165) is 0 Å². The Morgan fingerprint density at radius 3 is 2.21 bits per heavy atom. The van der Waals surface area contributed by atoms with E-state index >= 15 is 0 Å². The summed E-state index contributed by atoms with van der Waals surface area (Å²) in [6.45, 7) is 4.29. The molecule has 0 unspecified atom stereocenters. The molecule has 0 saturated heterocycles. The van der Waals surface area contributed by atoms with Gasteiger partial charge >= 0.3 is 0 Å². The van der Waals surface area contributed by atoms with Crippen molar-refractivity contribution in [3.63, 3.8) is 0 Å². The first kappa shape index (κ1) is 11.9. The van der Waals surface area contributed by atoms with Crippen molar-refractivity contribution in [1.29, 1.82) is 0 Å². The summed E-state index contributed by atoms with van der Waals surface area (Å²) >= 11 is 0. The molecule has 0 heterocycles. The van der Waals surface area contributed by atoms with Crippen LogP contribution in [0.4, 0.5) is 0 Å². The lowest BCUT2D eigenvalue weighted by molar-refractivity contribution is 1.70. The highest BCUT2D eigenvalue weighted by Gasteiger charge is 2.02. The lowest BCUT2D eigenvalue weighted by atomic mass is 10.1. The van der Waals surface area contributed by atoms with Gasteiger partial charge in [0.05, 0.1) is 9.52 Å². The van der Waals surface area contributed by atoms with E-state index < -0.39 is 9.52 Å². The zero-order valence-electron chi connectivity index (χ0n) is 10.8. The van der Waals surface area contributed by atoms with Crippen molar-refractivity contribution in [3.8, 4) is 0 Å². The number of hydrogen-bond acceptors (Lipinski definition) is 0. The summed E-state index contributed by atoms with van der Waals surface area (Å²) in [6, 6.07) is 25.8. The highest BCUT2D eigenvalue weighted by atomic mass is 28.2. The van der Waals surface area contributed by atoms with E-state index in [9.17, 15) is 0 Å². The van der Waals surface area contributed by atoms with Gasteiger partial charge in [-0.25, -0.2) is 0 Å². The minimum absolute atomic E-state index is 0.446. The van der Waals surface area contributed by atoms with E-state index in [1.54, 1.807) is 0 Å². The summed E-state index contributed by atoms with van der Waals surface area (Å²) in [5.41, 5.74) is 1.29. The van der Waals surface area contributed by atoms with Crippen molar-refractivity contribution >= 4 is 30.7 Å². The number of fused-ring (bicyclic) bond motifs is 1. The van der Waals surface area contributed by atoms with Crippen LogP contribution in [0, 0.1) is 0 Å². The predicted octanol–water partition coefficient (Wildman–Crippen LogP) is 3.30. The van der Waals surface area contributed by atoms with Gasteiger partial charge in [-0.2, -0.15) is 0 Å². The summed E-state index contributed by atoms with van der Waals surface area (Å²) in [6.07, 6.45) is 0. The van der Waals surface area contributed by atoms with E-state index in [4.69, 9.17) is 0 Å². The Morgan fingerprint density at radius 1 is 0.737 bits per heavy atom. The lowest BCUT2D eigenvalue weighted by Crippen LogP contribution is -2.14. The Labute approximate surface area is 116 Å². The van der Waals surface area contributed by atoms with Crippen molar-refractivity contribution in [1.82, 2.24) is 0 Å². The van der Waals surface area contributed by atoms with Crippen molar-refractivity contribution in [3.05, 3.63) is 84.9 Å². The molecule has 3 rings (SSSR count). The summed E-state index contributed by atoms with van der Waals surface area (Å²) in [7, 11) is -0.446. The molecule has 0 N–H and O–H groups in total. The van der Waals surface area contributed by atoms with Gasteiger partial charge in [-0.3, -0.25) is 0 Å². The molecular formula is C18H16Si. The Bertz CT molecular complexity index is 714. The van der Waals surface area contributed by atoms with E-state index in [1.807, 2.05) is 0 Å². The van der Waals surface area contributed by atoms with Gasteiger partial charge in [0.25, 0.3) is 0 Å². The first-order valence-electron chi connectivity index (χ1n) is 6.54. The van der Waals surface area contributed by atoms with Crippen LogP contribution in [-0.2, 0) is 0 Å². The molecule has 1 heteroatoms. The molecule has 0 amide bonds. The normalized spacial score (nSPS) is 11.2. The molecule has 3 aromatic carbocycles. The number of benzene rings is 3. The molecule has 0 aromatic heterocycles. The van der Waals surface area contributed by atoms with Crippen LogP contribution in [0.2, 0.25) is 0 Å². The molecule has 0 nitrogen and oxygen atoms in total. The van der Waals surface area contributed by atoms with Gasteiger partial charge in [-0.05, 0) is 22.4 Å². The maximum absolute atomic E-state index is 4.29. The first-order chi connectivity index (χ1) is 9.33. The molecule has 3 aromatic rings. The molecule has 19 heavy (non-hydrogen) atoms. The second-order valence-corrected chi connectivity index (χ2v) is 6.85. The average Bonchev–Trinajstić information content (AvgIpc) is 2.48. The third-order valence-corrected chi connectivity index (χ3v) is 5.13. The molecule has 0 fully saturated rings. The summed E-state index contributed by atoms with van der Waals surface area (Å²) in [4.78, 5) is 0. The van der Waals surface area contributed by atoms with E-state index in [-0.39, 0.29) is 0 Å². The maximum atomic E-state index is 4.29. The van der Waals surface area contributed by atoms with Gasteiger partial charge in [0.1, 0.15) is 0 Å². The Kier molecular flexibility index (Phi) is 3.30. The fourth-order valence-electron chi connectivity index (χ4n) is 2.35. The fourth-order valence-corrected chi connectivity index (χ4v) is 3.78. The second kappa shape index (κ2) is 5.25. The van der Waals surface area contributed by atoms with Crippen molar-refractivity contribution < 1.29 is 0 Å². The van der Waals surface area contributed by atoms with Crippen LogP contribution in [0.5, 0.6) is 0 Å². The predicted molar refractivity (Wildman–Crippen MR) is 87.6 cm³/mol. The smallest absolute Gasteiger partial charge is 0.0875 e. The van der Waals surface area contributed by atoms with Crippen LogP contribution < -0.4 is 5.19 Å². The lowest BCUT2D eigenvalue weighted by Gasteiger charge is -2.07. The molecule has 0 aliphatic carbocycles. The Balaban J connectivity index is 1.89. The van der Waals surface area contributed by atoms with E-state index in [2.05, 4.69) is 79.4 Å². The summed E-state index contributed by atoms with van der Waals surface area (Å²) in [5.74, 6) is 0. The van der Waals surface area contributed by atoms with E-state index in [1.165, 1.54) is 26.7 Å². The van der Waals surface area contributed by atoms with Gasteiger partial charge in [-0.15, -0.1) is 0 Å². The molecule has 0 saturated carbocycles. The fraction of sp³-hybridized carbons (Fsp3) is 0. The minimum atomic E-state index is -0.446. The minimum Gasteiger partial charge on any atom is -0.0995 e. The summed E-state index contributed by atoms with van der Waals surface area (Å²) < 4.78 is 0. The monoisotopic (exact) mass is 260 g/mol. The van der Waals surface area contributed by atoms with Crippen LogP contribution in [0.1, 0.15) is 5.56 Å². The Hall–Kier alpha value is -2.12. The van der Waals surface area contributed by atoms with Gasteiger partial charge < -0.3 is 0 Å². The van der Waals surface area contributed by atoms with Crippen LogP contribution >= 0.6 is 0 Å². The topological polar surface area (TPSA) is 0 Å². The third kappa shape index (κ3) is 2.66. The molecule has 0 spiro atoms. The maximum Gasteiger partial charge on any atom is 0.0875 e. The van der Waals surface area contributed by atoms with Gasteiger partial charge in [0.15, 0.2) is 0 Å². The van der Waals surface area contributed by atoms with Crippen molar-refractivity contribution in [2.24, 2.45) is 0 Å². The second-order valence-electron chi connectivity index (χ2n) is 4.83. The van der Waals surface area contributed by atoms with Crippen LogP contribution in [0.25, 0.3) is 16.0 Å².